The van der Waals surface area contributed by atoms with Crippen LogP contribution in [0.15, 0.2) is 18.2 Å². The standard InChI is InChI=1S/C23H31N5O5/c1-16-24-20(15-21(25-16)27-9-11-33-12-10-27)26-5-7-28(8-6-26)23(29)17-13-18(30-2)22(32-4)19(14-17)31-3/h13-15H,5-12H2,1-4H3. The van der Waals surface area contributed by atoms with Gasteiger partial charge in [0.15, 0.2) is 11.5 Å². The van der Waals surface area contributed by atoms with Gasteiger partial charge >= 0.3 is 0 Å². The fraction of sp³-hybridized carbons (Fsp3) is 0.522. The molecule has 2 aromatic rings. The van der Waals surface area contributed by atoms with E-state index in [1.807, 2.05) is 17.9 Å². The van der Waals surface area contributed by atoms with Crippen LogP contribution in [0.1, 0.15) is 16.2 Å². The lowest BCUT2D eigenvalue weighted by Crippen LogP contribution is -2.49. The molecule has 0 bridgehead atoms. The first-order chi connectivity index (χ1) is 16.0. The maximum atomic E-state index is 13.2. The minimum absolute atomic E-state index is 0.0678. The third-order valence-corrected chi connectivity index (χ3v) is 5.95. The van der Waals surface area contributed by atoms with Gasteiger partial charge in [-0.1, -0.05) is 0 Å². The van der Waals surface area contributed by atoms with Gasteiger partial charge in [0.05, 0.1) is 34.5 Å². The highest BCUT2D eigenvalue weighted by Crippen LogP contribution is 2.38. The maximum Gasteiger partial charge on any atom is 0.254 e. The second kappa shape index (κ2) is 10.1. The summed E-state index contributed by atoms with van der Waals surface area (Å²) in [7, 11) is 4.62. The number of aryl methyl sites for hydroxylation is 1. The molecule has 2 aliphatic heterocycles. The molecule has 4 rings (SSSR count). The van der Waals surface area contributed by atoms with E-state index in [1.54, 1.807) is 33.5 Å². The number of hydrogen-bond donors (Lipinski definition) is 0. The summed E-state index contributed by atoms with van der Waals surface area (Å²) < 4.78 is 21.6. The van der Waals surface area contributed by atoms with Crippen molar-refractivity contribution < 1.29 is 23.7 Å². The molecule has 3 heterocycles. The van der Waals surface area contributed by atoms with Crippen LogP contribution < -0.4 is 24.0 Å². The smallest absolute Gasteiger partial charge is 0.254 e. The number of morpholine rings is 1. The fourth-order valence-corrected chi connectivity index (χ4v) is 4.18. The van der Waals surface area contributed by atoms with Crippen molar-refractivity contribution in [1.82, 2.24) is 14.9 Å². The molecule has 33 heavy (non-hydrogen) atoms. The summed E-state index contributed by atoms with van der Waals surface area (Å²) in [5.74, 6) is 3.89. The van der Waals surface area contributed by atoms with Crippen LogP contribution in [-0.4, -0.2) is 94.6 Å². The molecule has 2 aliphatic rings. The van der Waals surface area contributed by atoms with E-state index >= 15 is 0 Å². The van der Waals surface area contributed by atoms with Crippen LogP contribution in [0.2, 0.25) is 0 Å². The Morgan fingerprint density at radius 2 is 1.36 bits per heavy atom. The average Bonchev–Trinajstić information content (AvgIpc) is 2.87. The molecular weight excluding hydrogens is 426 g/mol. The molecule has 0 N–H and O–H groups in total. The van der Waals surface area contributed by atoms with E-state index in [0.29, 0.717) is 62.2 Å². The van der Waals surface area contributed by atoms with Crippen LogP contribution in [0, 0.1) is 6.92 Å². The molecule has 2 fully saturated rings. The number of aromatic nitrogens is 2. The van der Waals surface area contributed by atoms with Crippen LogP contribution in [-0.2, 0) is 4.74 Å². The van der Waals surface area contributed by atoms with Gasteiger partial charge in [0.25, 0.3) is 5.91 Å². The van der Waals surface area contributed by atoms with Crippen molar-refractivity contribution in [3.05, 3.63) is 29.6 Å². The fourth-order valence-electron chi connectivity index (χ4n) is 4.18. The van der Waals surface area contributed by atoms with Crippen molar-refractivity contribution in [3.8, 4) is 17.2 Å². The lowest BCUT2D eigenvalue weighted by atomic mass is 10.1. The molecule has 1 aromatic carbocycles. The molecule has 10 nitrogen and oxygen atoms in total. The third-order valence-electron chi connectivity index (χ3n) is 5.95. The molecule has 1 aromatic heterocycles. The van der Waals surface area contributed by atoms with Gasteiger partial charge in [0.2, 0.25) is 5.75 Å². The quantitative estimate of drug-likeness (QED) is 0.642. The highest BCUT2D eigenvalue weighted by Gasteiger charge is 2.26. The van der Waals surface area contributed by atoms with Crippen LogP contribution in [0.5, 0.6) is 17.2 Å². The summed E-state index contributed by atoms with van der Waals surface area (Å²) in [6.07, 6.45) is 0. The van der Waals surface area contributed by atoms with Gasteiger partial charge in [-0.05, 0) is 19.1 Å². The number of carbonyl (C=O) groups is 1. The van der Waals surface area contributed by atoms with Crippen LogP contribution >= 0.6 is 0 Å². The van der Waals surface area contributed by atoms with Gasteiger partial charge in [-0.25, -0.2) is 9.97 Å². The Hall–Kier alpha value is -3.27. The number of anilines is 2. The maximum absolute atomic E-state index is 13.2. The van der Waals surface area contributed by atoms with E-state index in [1.165, 1.54) is 0 Å². The Bertz CT molecular complexity index is 962. The number of hydrogen-bond acceptors (Lipinski definition) is 9. The first-order valence-electron chi connectivity index (χ1n) is 11.1. The first-order valence-corrected chi connectivity index (χ1v) is 11.1. The molecule has 0 unspecified atom stereocenters. The number of methoxy groups -OCH3 is 3. The Balaban J connectivity index is 1.46. The summed E-state index contributed by atoms with van der Waals surface area (Å²) >= 11 is 0. The molecule has 0 aliphatic carbocycles. The van der Waals surface area contributed by atoms with Crippen LogP contribution in [0.25, 0.3) is 0 Å². The minimum Gasteiger partial charge on any atom is -0.493 e. The van der Waals surface area contributed by atoms with E-state index in [9.17, 15) is 4.79 Å². The van der Waals surface area contributed by atoms with Gasteiger partial charge in [-0.2, -0.15) is 0 Å². The molecule has 0 radical (unpaired) electrons. The Kier molecular flexibility index (Phi) is 7.02. The number of rotatable bonds is 6. The van der Waals surface area contributed by atoms with E-state index in [2.05, 4.69) is 19.8 Å². The van der Waals surface area contributed by atoms with E-state index < -0.39 is 0 Å². The molecule has 0 saturated carbocycles. The van der Waals surface area contributed by atoms with Gasteiger partial charge in [-0.15, -0.1) is 0 Å². The lowest BCUT2D eigenvalue weighted by molar-refractivity contribution is 0.0745. The molecule has 0 atom stereocenters. The predicted molar refractivity (Wildman–Crippen MR) is 124 cm³/mol. The summed E-state index contributed by atoms with van der Waals surface area (Å²) in [6.45, 7) is 7.54. The summed E-state index contributed by atoms with van der Waals surface area (Å²) in [4.78, 5) is 28.7. The van der Waals surface area contributed by atoms with Gasteiger partial charge in [0.1, 0.15) is 17.5 Å². The first kappa shape index (κ1) is 22.9. The zero-order valence-corrected chi connectivity index (χ0v) is 19.7. The summed E-state index contributed by atoms with van der Waals surface area (Å²) in [5.41, 5.74) is 0.505. The molecule has 1 amide bonds. The number of amides is 1. The Morgan fingerprint density at radius 3 is 1.88 bits per heavy atom. The second-order valence-electron chi connectivity index (χ2n) is 7.92. The molecule has 2 saturated heterocycles. The number of benzene rings is 1. The largest absolute Gasteiger partial charge is 0.493 e. The van der Waals surface area contributed by atoms with Crippen molar-refractivity contribution in [2.45, 2.75) is 6.92 Å². The number of ether oxygens (including phenoxy) is 4. The van der Waals surface area contributed by atoms with Crippen molar-refractivity contribution >= 4 is 17.5 Å². The lowest BCUT2D eigenvalue weighted by Gasteiger charge is -2.36. The summed E-state index contributed by atoms with van der Waals surface area (Å²) in [6, 6.07) is 5.42. The van der Waals surface area contributed by atoms with E-state index in [4.69, 9.17) is 18.9 Å². The van der Waals surface area contributed by atoms with Gasteiger partial charge < -0.3 is 33.6 Å². The number of carbonyl (C=O) groups excluding carboxylic acids is 1. The van der Waals surface area contributed by atoms with Crippen LogP contribution in [0.4, 0.5) is 11.6 Å². The van der Waals surface area contributed by atoms with Crippen molar-refractivity contribution in [2.24, 2.45) is 0 Å². The van der Waals surface area contributed by atoms with Gasteiger partial charge in [-0.3, -0.25) is 4.79 Å². The number of piperazine rings is 1. The van der Waals surface area contributed by atoms with Crippen LogP contribution in [0.3, 0.4) is 0 Å². The Morgan fingerprint density at radius 1 is 0.818 bits per heavy atom. The predicted octanol–water partition coefficient (Wildman–Crippen LogP) is 1.61. The normalized spacial score (nSPS) is 16.5. The van der Waals surface area contributed by atoms with E-state index in [-0.39, 0.29) is 5.91 Å². The van der Waals surface area contributed by atoms with Crippen molar-refractivity contribution in [1.29, 1.82) is 0 Å². The number of nitrogens with zero attached hydrogens (tertiary/aromatic N) is 5. The minimum atomic E-state index is -0.0678. The molecule has 178 valence electrons. The van der Waals surface area contributed by atoms with Crippen molar-refractivity contribution in [2.75, 3.05) is 83.6 Å². The molecular formula is C23H31N5O5. The molecule has 0 spiro atoms. The summed E-state index contributed by atoms with van der Waals surface area (Å²) in [5, 5.41) is 0. The third kappa shape index (κ3) is 4.90. The van der Waals surface area contributed by atoms with Gasteiger partial charge in [0, 0.05) is 50.9 Å². The zero-order chi connectivity index (χ0) is 23.4. The highest BCUT2D eigenvalue weighted by atomic mass is 16.5. The Labute approximate surface area is 194 Å². The SMILES string of the molecule is COc1cc(C(=O)N2CCN(c3cc(N4CCOCC4)nc(C)n3)CC2)cc(OC)c1OC. The second-order valence-corrected chi connectivity index (χ2v) is 7.92. The highest BCUT2D eigenvalue weighted by molar-refractivity contribution is 5.95. The van der Waals surface area contributed by atoms with E-state index in [0.717, 1.165) is 30.5 Å². The topological polar surface area (TPSA) is 89.5 Å². The van der Waals surface area contributed by atoms with Crippen molar-refractivity contribution in [3.63, 3.8) is 0 Å². The monoisotopic (exact) mass is 457 g/mol. The molecule has 10 heteroatoms. The average molecular weight is 458 g/mol. The zero-order valence-electron chi connectivity index (χ0n) is 19.7.